The summed E-state index contributed by atoms with van der Waals surface area (Å²) in [6.07, 6.45) is -6.18. The van der Waals surface area contributed by atoms with Crippen molar-refractivity contribution in [2.75, 3.05) is 18.9 Å². The predicted molar refractivity (Wildman–Crippen MR) is 99.3 cm³/mol. The summed E-state index contributed by atoms with van der Waals surface area (Å²) in [6.45, 7) is 3.89. The third kappa shape index (κ3) is 6.82. The zero-order valence-electron chi connectivity index (χ0n) is 16.1. The van der Waals surface area contributed by atoms with Gasteiger partial charge in [0.05, 0.1) is 12.1 Å². The lowest BCUT2D eigenvalue weighted by molar-refractivity contribution is -0.139. The number of alkyl halides is 3. The molecule has 0 fully saturated rings. The molecule has 1 aromatic carbocycles. The summed E-state index contributed by atoms with van der Waals surface area (Å²) in [4.78, 5) is 26.2. The van der Waals surface area contributed by atoms with Crippen molar-refractivity contribution in [2.24, 2.45) is 11.0 Å². The Morgan fingerprint density at radius 2 is 1.90 bits per heavy atom. The number of amides is 2. The molecule has 1 heterocycles. The van der Waals surface area contributed by atoms with Crippen LogP contribution in [0.1, 0.15) is 25.8 Å². The maximum absolute atomic E-state index is 12.7. The number of halogens is 3. The van der Waals surface area contributed by atoms with Gasteiger partial charge in [0.25, 0.3) is 5.91 Å². The van der Waals surface area contributed by atoms with E-state index in [1.807, 2.05) is 13.8 Å². The number of benzene rings is 1. The first-order valence-corrected chi connectivity index (χ1v) is 8.78. The number of hydrogen-bond acceptors (Lipinski definition) is 7. The largest absolute Gasteiger partial charge is 0.436 e. The molecule has 2 amide bonds. The average Bonchev–Trinajstić information content (AvgIpc) is 3.12. The summed E-state index contributed by atoms with van der Waals surface area (Å²) in [7, 11) is 1.54. The zero-order valence-corrected chi connectivity index (χ0v) is 16.1. The van der Waals surface area contributed by atoms with Crippen LogP contribution in [0.3, 0.4) is 0 Å². The molecule has 0 saturated heterocycles. The molecule has 1 aliphatic rings. The first kappa shape index (κ1) is 22.3. The van der Waals surface area contributed by atoms with Crippen molar-refractivity contribution in [3.63, 3.8) is 0 Å². The van der Waals surface area contributed by atoms with Crippen LogP contribution in [-0.4, -0.2) is 42.4 Å². The van der Waals surface area contributed by atoms with Gasteiger partial charge in [0.15, 0.2) is 11.9 Å². The van der Waals surface area contributed by atoms with Crippen molar-refractivity contribution in [1.82, 2.24) is 21.4 Å². The normalized spacial score (nSPS) is 14.5. The first-order valence-electron chi connectivity index (χ1n) is 8.78. The van der Waals surface area contributed by atoms with Crippen LogP contribution in [0.25, 0.3) is 0 Å². The molecule has 9 nitrogen and oxygen atoms in total. The maximum atomic E-state index is 12.7. The van der Waals surface area contributed by atoms with Gasteiger partial charge in [-0.1, -0.05) is 13.8 Å². The van der Waals surface area contributed by atoms with E-state index >= 15 is 0 Å². The second kappa shape index (κ2) is 9.45. The number of rotatable bonds is 7. The maximum Gasteiger partial charge on any atom is 0.416 e. The van der Waals surface area contributed by atoms with Gasteiger partial charge in [0, 0.05) is 12.7 Å². The van der Waals surface area contributed by atoms with Gasteiger partial charge in [0.2, 0.25) is 0 Å². The first-order chi connectivity index (χ1) is 13.6. The number of hydrazine groups is 2. The van der Waals surface area contributed by atoms with Crippen LogP contribution in [0.4, 0.5) is 23.7 Å². The number of nitrogens with one attached hydrogen (secondary N) is 4. The monoisotopic (exact) mass is 416 g/mol. The highest BCUT2D eigenvalue weighted by Crippen LogP contribution is 2.29. The van der Waals surface area contributed by atoms with Gasteiger partial charge in [-0.2, -0.15) is 13.2 Å². The van der Waals surface area contributed by atoms with E-state index in [1.54, 1.807) is 0 Å². The van der Waals surface area contributed by atoms with E-state index in [0.717, 1.165) is 24.3 Å². The fourth-order valence-corrected chi connectivity index (χ4v) is 2.49. The molecule has 0 aliphatic carbocycles. The third-order valence-electron chi connectivity index (χ3n) is 3.89. The molecule has 0 bridgehead atoms. The number of carbonyl (C=O) groups is 2. The van der Waals surface area contributed by atoms with Gasteiger partial charge in [0.1, 0.15) is 0 Å². The predicted octanol–water partition coefficient (Wildman–Crippen LogP) is 2.05. The van der Waals surface area contributed by atoms with E-state index < -0.39 is 29.8 Å². The van der Waals surface area contributed by atoms with Crippen molar-refractivity contribution < 1.29 is 27.5 Å². The molecule has 0 saturated carbocycles. The van der Waals surface area contributed by atoms with Crippen LogP contribution >= 0.6 is 0 Å². The Labute approximate surface area is 165 Å². The molecule has 0 aromatic heterocycles. The van der Waals surface area contributed by atoms with Gasteiger partial charge in [-0.25, -0.2) is 10.3 Å². The number of amidine groups is 1. The Hall–Kier alpha value is -3.02. The van der Waals surface area contributed by atoms with Crippen molar-refractivity contribution in [2.45, 2.75) is 32.5 Å². The van der Waals surface area contributed by atoms with Crippen molar-refractivity contribution in [1.29, 1.82) is 0 Å². The lowest BCUT2D eigenvalue weighted by Gasteiger charge is -2.24. The summed E-state index contributed by atoms with van der Waals surface area (Å²) < 4.78 is 43.1. The van der Waals surface area contributed by atoms with Crippen LogP contribution < -0.4 is 21.8 Å². The van der Waals surface area contributed by atoms with Crippen LogP contribution in [0.2, 0.25) is 0 Å². The topological polar surface area (TPSA) is 107 Å². The minimum atomic E-state index is -4.47. The second-order valence-corrected chi connectivity index (χ2v) is 6.84. The van der Waals surface area contributed by atoms with Gasteiger partial charge in [-0.15, -0.1) is 10.6 Å². The number of nitrogens with zero attached hydrogens (tertiary/aromatic N) is 2. The summed E-state index contributed by atoms with van der Waals surface area (Å²) in [5, 5.41) is 6.21. The average molecular weight is 416 g/mol. The summed E-state index contributed by atoms with van der Waals surface area (Å²) >= 11 is 0. The van der Waals surface area contributed by atoms with Gasteiger partial charge in [-0.3, -0.25) is 15.5 Å². The Kier molecular flexibility index (Phi) is 7.26. The van der Waals surface area contributed by atoms with Crippen LogP contribution in [0.5, 0.6) is 0 Å². The lowest BCUT2D eigenvalue weighted by Crippen LogP contribution is -2.45. The highest BCUT2D eigenvalue weighted by molar-refractivity contribution is 5.92. The minimum Gasteiger partial charge on any atom is -0.436 e. The number of hydrazone groups is 1. The molecular formula is C17H23F3N6O3. The minimum absolute atomic E-state index is 0.0569. The summed E-state index contributed by atoms with van der Waals surface area (Å²) in [5.41, 5.74) is 7.01. The Morgan fingerprint density at radius 1 is 1.24 bits per heavy atom. The molecule has 0 radical (unpaired) electrons. The Morgan fingerprint density at radius 3 is 2.41 bits per heavy atom. The molecule has 29 heavy (non-hydrogen) atoms. The van der Waals surface area contributed by atoms with Crippen molar-refractivity contribution >= 4 is 23.5 Å². The van der Waals surface area contributed by atoms with Gasteiger partial charge >= 0.3 is 12.3 Å². The molecule has 1 aromatic rings. The van der Waals surface area contributed by atoms with E-state index in [0.29, 0.717) is 5.84 Å². The van der Waals surface area contributed by atoms with E-state index in [2.05, 4.69) is 26.9 Å². The highest BCUT2D eigenvalue weighted by atomic mass is 19.4. The number of carbonyl (C=O) groups excluding carboxylic acids is 2. The smallest absolute Gasteiger partial charge is 0.416 e. The molecule has 1 aliphatic heterocycles. The van der Waals surface area contributed by atoms with Gasteiger partial charge in [-0.05, 0) is 36.6 Å². The second-order valence-electron chi connectivity index (χ2n) is 6.84. The van der Waals surface area contributed by atoms with Gasteiger partial charge < -0.3 is 9.64 Å². The van der Waals surface area contributed by atoms with E-state index in [4.69, 9.17) is 4.74 Å². The number of anilines is 1. The SMILES string of the molecule is CC(C)C[C@H](OC(=O)Nc1ccc(C(F)(F)F)cc1)C(=O)N(C)CC1=NNNN1. The summed E-state index contributed by atoms with van der Waals surface area (Å²) in [5.74, 6) is 0.0949. The quantitative estimate of drug-likeness (QED) is 0.542. The van der Waals surface area contributed by atoms with Crippen molar-refractivity contribution in [3.8, 4) is 0 Å². The fraction of sp³-hybridized carbons (Fsp3) is 0.471. The summed E-state index contributed by atoms with van der Waals surface area (Å²) in [6, 6.07) is 3.91. The standard InChI is InChI=1S/C17H23F3N6O3/c1-10(2)8-13(15(27)26(3)9-14-22-24-25-23-14)29-16(28)21-12-6-4-11(5-7-12)17(18,19)20/h4-7,10,13,24-25H,8-9H2,1-3H3,(H,21,28)(H,22,23)/t13-/m0/s1. The Bertz CT molecular complexity index is 752. The zero-order chi connectivity index (χ0) is 21.6. The van der Waals surface area contributed by atoms with Crippen LogP contribution in [-0.2, 0) is 15.7 Å². The van der Waals surface area contributed by atoms with Crippen molar-refractivity contribution in [3.05, 3.63) is 29.8 Å². The van der Waals surface area contributed by atoms with E-state index in [-0.39, 0.29) is 24.6 Å². The third-order valence-corrected chi connectivity index (χ3v) is 3.89. The van der Waals surface area contributed by atoms with Crippen LogP contribution in [0, 0.1) is 5.92 Å². The lowest BCUT2D eigenvalue weighted by atomic mass is 10.1. The Balaban J connectivity index is 1.99. The number of ether oxygens (including phenoxy) is 1. The molecule has 2 rings (SSSR count). The van der Waals surface area contributed by atoms with E-state index in [9.17, 15) is 22.8 Å². The molecule has 0 spiro atoms. The molecule has 0 unspecified atom stereocenters. The highest BCUT2D eigenvalue weighted by Gasteiger charge is 2.30. The molecule has 4 N–H and O–H groups in total. The molecule has 12 heteroatoms. The molecule has 1 atom stereocenters. The fourth-order valence-electron chi connectivity index (χ4n) is 2.49. The molecular weight excluding hydrogens is 393 g/mol. The molecule has 160 valence electrons. The number of likely N-dealkylation sites (N-methyl/N-ethyl adjacent to an activating group) is 1. The number of hydrogen-bond donors (Lipinski definition) is 4. The van der Waals surface area contributed by atoms with E-state index in [1.165, 1.54) is 11.9 Å². The van der Waals surface area contributed by atoms with Crippen LogP contribution in [0.15, 0.2) is 29.4 Å².